The lowest BCUT2D eigenvalue weighted by atomic mass is 10.1. The molecule has 2 atom stereocenters. The van der Waals surface area contributed by atoms with Gasteiger partial charge in [-0.15, -0.1) is 0 Å². The molecule has 2 aromatic carbocycles. The summed E-state index contributed by atoms with van der Waals surface area (Å²) in [6.45, 7) is 3.57. The van der Waals surface area contributed by atoms with Crippen molar-refractivity contribution < 1.29 is 14.6 Å². The second-order valence-electron chi connectivity index (χ2n) is 5.71. The number of aliphatic hydroxyl groups is 1. The average molecular weight is 348 g/mol. The van der Waals surface area contributed by atoms with E-state index in [1.54, 1.807) is 43.1 Å². The van der Waals surface area contributed by atoms with Crippen LogP contribution in [0.3, 0.4) is 0 Å². The molecule has 1 amide bonds. The predicted octanol–water partition coefficient (Wildman–Crippen LogP) is 3.82. The van der Waals surface area contributed by atoms with Crippen molar-refractivity contribution in [2.24, 2.45) is 0 Å². The first-order valence-corrected chi connectivity index (χ1v) is 8.19. The van der Waals surface area contributed by atoms with E-state index in [9.17, 15) is 9.90 Å². The standard InChI is InChI=1S/C19H22ClNO3/c1-13(17-9-4-5-10-18(17)20)21(3)19(23)14(2)24-16-8-6-7-15(11-16)12-22/h4-11,13-14,22H,12H2,1-3H3. The summed E-state index contributed by atoms with van der Waals surface area (Å²) < 4.78 is 5.72. The summed E-state index contributed by atoms with van der Waals surface area (Å²) in [5, 5.41) is 9.81. The number of likely N-dealkylation sites (N-methyl/N-ethyl adjacent to an activating group) is 1. The lowest BCUT2D eigenvalue weighted by Crippen LogP contribution is -2.39. The zero-order chi connectivity index (χ0) is 17.7. The number of carbonyl (C=O) groups is 1. The maximum Gasteiger partial charge on any atom is 0.263 e. The van der Waals surface area contributed by atoms with E-state index in [1.807, 2.05) is 31.2 Å². The number of nitrogens with zero attached hydrogens (tertiary/aromatic N) is 1. The lowest BCUT2D eigenvalue weighted by Gasteiger charge is -2.28. The first kappa shape index (κ1) is 18.3. The van der Waals surface area contributed by atoms with Crippen LogP contribution in [-0.2, 0) is 11.4 Å². The Kier molecular flexibility index (Phi) is 6.23. The van der Waals surface area contributed by atoms with Gasteiger partial charge in [-0.3, -0.25) is 4.79 Å². The van der Waals surface area contributed by atoms with Gasteiger partial charge in [0.15, 0.2) is 6.10 Å². The molecule has 4 nitrogen and oxygen atoms in total. The van der Waals surface area contributed by atoms with Crippen molar-refractivity contribution in [2.45, 2.75) is 32.6 Å². The molecule has 128 valence electrons. The molecule has 5 heteroatoms. The summed E-state index contributed by atoms with van der Waals surface area (Å²) >= 11 is 6.22. The molecule has 0 fully saturated rings. The molecule has 0 saturated heterocycles. The topological polar surface area (TPSA) is 49.8 Å². The van der Waals surface area contributed by atoms with Gasteiger partial charge in [0.1, 0.15) is 5.75 Å². The highest BCUT2D eigenvalue weighted by molar-refractivity contribution is 6.31. The normalized spacial score (nSPS) is 13.2. The maximum absolute atomic E-state index is 12.6. The van der Waals surface area contributed by atoms with Crippen LogP contribution in [0.15, 0.2) is 48.5 Å². The molecule has 0 spiro atoms. The van der Waals surface area contributed by atoms with Crippen molar-refractivity contribution in [3.8, 4) is 5.75 Å². The van der Waals surface area contributed by atoms with Gasteiger partial charge in [0.25, 0.3) is 5.91 Å². The Morgan fingerprint density at radius 3 is 2.58 bits per heavy atom. The quantitative estimate of drug-likeness (QED) is 0.864. The van der Waals surface area contributed by atoms with E-state index < -0.39 is 6.10 Å². The fraction of sp³-hybridized carbons (Fsp3) is 0.316. The number of ether oxygens (including phenoxy) is 1. The monoisotopic (exact) mass is 347 g/mol. The number of hydrogen-bond acceptors (Lipinski definition) is 3. The van der Waals surface area contributed by atoms with E-state index in [4.69, 9.17) is 16.3 Å². The zero-order valence-electron chi connectivity index (χ0n) is 14.1. The summed E-state index contributed by atoms with van der Waals surface area (Å²) in [7, 11) is 1.74. The molecule has 24 heavy (non-hydrogen) atoms. The molecular weight excluding hydrogens is 326 g/mol. The molecule has 0 aromatic heterocycles. The molecule has 1 N–H and O–H groups in total. The molecule has 0 aliphatic heterocycles. The Balaban J connectivity index is 2.07. The van der Waals surface area contributed by atoms with Crippen LogP contribution in [0.2, 0.25) is 5.02 Å². The van der Waals surface area contributed by atoms with Crippen LogP contribution in [-0.4, -0.2) is 29.1 Å². The van der Waals surface area contributed by atoms with E-state index in [2.05, 4.69) is 0 Å². The van der Waals surface area contributed by atoms with Crippen LogP contribution >= 0.6 is 11.6 Å². The average Bonchev–Trinajstić information content (AvgIpc) is 2.60. The van der Waals surface area contributed by atoms with Gasteiger partial charge in [-0.2, -0.15) is 0 Å². The first-order valence-electron chi connectivity index (χ1n) is 7.81. The minimum Gasteiger partial charge on any atom is -0.481 e. The summed E-state index contributed by atoms with van der Waals surface area (Å²) in [5.41, 5.74) is 1.63. The fourth-order valence-corrected chi connectivity index (χ4v) is 2.77. The number of rotatable bonds is 6. The van der Waals surface area contributed by atoms with Gasteiger partial charge >= 0.3 is 0 Å². The third-order valence-electron chi connectivity index (χ3n) is 4.03. The Bertz CT molecular complexity index is 705. The van der Waals surface area contributed by atoms with Gasteiger partial charge in [0, 0.05) is 12.1 Å². The number of halogens is 1. The van der Waals surface area contributed by atoms with Gasteiger partial charge in [-0.25, -0.2) is 0 Å². The van der Waals surface area contributed by atoms with Crippen molar-refractivity contribution in [2.75, 3.05) is 7.05 Å². The summed E-state index contributed by atoms with van der Waals surface area (Å²) in [6, 6.07) is 14.4. The van der Waals surface area contributed by atoms with E-state index in [-0.39, 0.29) is 18.6 Å². The SMILES string of the molecule is CC(Oc1cccc(CO)c1)C(=O)N(C)C(C)c1ccccc1Cl. The Morgan fingerprint density at radius 2 is 1.92 bits per heavy atom. The predicted molar refractivity (Wildman–Crippen MR) is 95.1 cm³/mol. The smallest absolute Gasteiger partial charge is 0.263 e. The van der Waals surface area contributed by atoms with Crippen molar-refractivity contribution in [3.63, 3.8) is 0 Å². The third-order valence-corrected chi connectivity index (χ3v) is 4.37. The van der Waals surface area contributed by atoms with Gasteiger partial charge in [-0.1, -0.05) is 41.9 Å². The van der Waals surface area contributed by atoms with Crippen molar-refractivity contribution in [1.82, 2.24) is 4.90 Å². The van der Waals surface area contributed by atoms with Gasteiger partial charge < -0.3 is 14.7 Å². The number of amides is 1. The molecule has 0 heterocycles. The minimum absolute atomic E-state index is 0.0665. The Hall–Kier alpha value is -2.04. The molecule has 2 unspecified atom stereocenters. The van der Waals surface area contributed by atoms with Crippen molar-refractivity contribution in [1.29, 1.82) is 0 Å². The molecule has 2 rings (SSSR count). The van der Waals surface area contributed by atoms with Crippen molar-refractivity contribution in [3.05, 3.63) is 64.7 Å². The van der Waals surface area contributed by atoms with Crippen LogP contribution in [0.4, 0.5) is 0 Å². The second kappa shape index (κ2) is 8.18. The van der Waals surface area contributed by atoms with Gasteiger partial charge in [0.2, 0.25) is 0 Å². The summed E-state index contributed by atoms with van der Waals surface area (Å²) in [5.74, 6) is 0.415. The highest BCUT2D eigenvalue weighted by Crippen LogP contribution is 2.27. The number of benzene rings is 2. The fourth-order valence-electron chi connectivity index (χ4n) is 2.47. The maximum atomic E-state index is 12.6. The van der Waals surface area contributed by atoms with Crippen LogP contribution < -0.4 is 4.74 Å². The van der Waals surface area contributed by atoms with Crippen LogP contribution in [0, 0.1) is 0 Å². The molecule has 0 aliphatic carbocycles. The largest absolute Gasteiger partial charge is 0.481 e. The van der Waals surface area contributed by atoms with Crippen LogP contribution in [0.1, 0.15) is 31.0 Å². The number of carbonyl (C=O) groups excluding carboxylic acids is 1. The Morgan fingerprint density at radius 1 is 1.21 bits per heavy atom. The van der Waals surface area contributed by atoms with Gasteiger partial charge in [-0.05, 0) is 43.2 Å². The first-order chi connectivity index (χ1) is 11.4. The summed E-state index contributed by atoms with van der Waals surface area (Å²) in [4.78, 5) is 14.3. The van der Waals surface area contributed by atoms with Crippen LogP contribution in [0.25, 0.3) is 0 Å². The molecule has 0 aliphatic rings. The minimum atomic E-state index is -0.645. The molecule has 2 aromatic rings. The molecule has 0 radical (unpaired) electrons. The van der Waals surface area contributed by atoms with E-state index in [0.29, 0.717) is 10.8 Å². The zero-order valence-corrected chi connectivity index (χ0v) is 14.8. The molecule has 0 bridgehead atoms. The molecule has 0 saturated carbocycles. The van der Waals surface area contributed by atoms with Gasteiger partial charge in [0.05, 0.1) is 12.6 Å². The highest BCUT2D eigenvalue weighted by Gasteiger charge is 2.25. The highest BCUT2D eigenvalue weighted by atomic mass is 35.5. The second-order valence-corrected chi connectivity index (χ2v) is 6.12. The lowest BCUT2D eigenvalue weighted by molar-refractivity contribution is -0.138. The van der Waals surface area contributed by atoms with Crippen molar-refractivity contribution >= 4 is 17.5 Å². The summed E-state index contributed by atoms with van der Waals surface area (Å²) in [6.07, 6.45) is -0.645. The number of aliphatic hydroxyl groups excluding tert-OH is 1. The van der Waals surface area contributed by atoms with E-state index in [1.165, 1.54) is 0 Å². The van der Waals surface area contributed by atoms with Crippen LogP contribution in [0.5, 0.6) is 5.75 Å². The third kappa shape index (κ3) is 4.28. The van der Waals surface area contributed by atoms with E-state index >= 15 is 0 Å². The molecular formula is C19H22ClNO3. The Labute approximate surface area is 147 Å². The number of hydrogen-bond donors (Lipinski definition) is 1. The van der Waals surface area contributed by atoms with E-state index in [0.717, 1.165) is 11.1 Å².